The minimum Gasteiger partial charge on any atom is -0.375 e. The third-order valence-corrected chi connectivity index (χ3v) is 3.43. The highest BCUT2D eigenvalue weighted by molar-refractivity contribution is 5.45. The molecular formula is C15H23FN2. The van der Waals surface area contributed by atoms with E-state index in [1.165, 1.54) is 38.2 Å². The number of rotatable bonds is 8. The zero-order valence-corrected chi connectivity index (χ0v) is 11.2. The van der Waals surface area contributed by atoms with Crippen LogP contribution in [0.2, 0.25) is 0 Å². The predicted octanol–water partition coefficient (Wildman–Crippen LogP) is 3.18. The number of anilines is 1. The van der Waals surface area contributed by atoms with Gasteiger partial charge in [0, 0.05) is 25.3 Å². The largest absolute Gasteiger partial charge is 0.375 e. The number of nitrogens with zero attached hydrogens (tertiary/aromatic N) is 1. The molecule has 2 nitrogen and oxygen atoms in total. The molecule has 1 saturated carbocycles. The van der Waals surface area contributed by atoms with E-state index in [-0.39, 0.29) is 5.82 Å². The number of halogens is 1. The van der Waals surface area contributed by atoms with Crippen molar-refractivity contribution in [3.8, 4) is 0 Å². The fraction of sp³-hybridized carbons (Fsp3) is 0.600. The topological polar surface area (TPSA) is 15.3 Å². The third kappa shape index (κ3) is 4.65. The molecule has 0 saturated heterocycles. The van der Waals surface area contributed by atoms with E-state index < -0.39 is 0 Å². The van der Waals surface area contributed by atoms with Gasteiger partial charge in [-0.15, -0.1) is 0 Å². The van der Waals surface area contributed by atoms with Crippen molar-refractivity contribution in [3.05, 3.63) is 30.1 Å². The maximum atomic E-state index is 13.1. The minimum atomic E-state index is -0.159. The summed E-state index contributed by atoms with van der Waals surface area (Å²) in [5.74, 6) is -0.159. The van der Waals surface area contributed by atoms with Gasteiger partial charge >= 0.3 is 0 Å². The van der Waals surface area contributed by atoms with Crippen molar-refractivity contribution >= 4 is 5.69 Å². The lowest BCUT2D eigenvalue weighted by Gasteiger charge is -2.19. The molecule has 1 N–H and O–H groups in total. The molecule has 0 bridgehead atoms. The Morgan fingerprint density at radius 2 is 2.11 bits per heavy atom. The van der Waals surface area contributed by atoms with Crippen molar-refractivity contribution in [1.82, 2.24) is 5.32 Å². The van der Waals surface area contributed by atoms with Crippen molar-refractivity contribution in [2.75, 3.05) is 25.0 Å². The summed E-state index contributed by atoms with van der Waals surface area (Å²) in [6, 6.07) is 7.62. The van der Waals surface area contributed by atoms with E-state index >= 15 is 0 Å². The smallest absolute Gasteiger partial charge is 0.125 e. The summed E-state index contributed by atoms with van der Waals surface area (Å²) in [5.41, 5.74) is 0.964. The average Bonchev–Trinajstić information content (AvgIpc) is 3.17. The molecular weight excluding hydrogens is 227 g/mol. The Kier molecular flexibility index (Phi) is 5.00. The summed E-state index contributed by atoms with van der Waals surface area (Å²) < 4.78 is 13.1. The minimum absolute atomic E-state index is 0.159. The van der Waals surface area contributed by atoms with Gasteiger partial charge in [0.1, 0.15) is 5.82 Å². The lowest BCUT2D eigenvalue weighted by atomic mass is 10.2. The molecule has 0 aliphatic heterocycles. The lowest BCUT2D eigenvalue weighted by Crippen LogP contribution is -2.20. The van der Waals surface area contributed by atoms with Crippen LogP contribution in [0.5, 0.6) is 0 Å². The van der Waals surface area contributed by atoms with Crippen LogP contribution in [0, 0.1) is 5.82 Å². The molecule has 0 spiro atoms. The van der Waals surface area contributed by atoms with E-state index in [4.69, 9.17) is 0 Å². The first-order valence-corrected chi connectivity index (χ1v) is 6.96. The monoisotopic (exact) mass is 250 g/mol. The molecule has 18 heavy (non-hydrogen) atoms. The Morgan fingerprint density at radius 1 is 1.28 bits per heavy atom. The molecule has 0 radical (unpaired) electrons. The van der Waals surface area contributed by atoms with E-state index in [2.05, 4.69) is 10.2 Å². The molecule has 0 aromatic heterocycles. The predicted molar refractivity (Wildman–Crippen MR) is 74.5 cm³/mol. The van der Waals surface area contributed by atoms with Crippen molar-refractivity contribution in [1.29, 1.82) is 0 Å². The Hall–Kier alpha value is -1.09. The molecule has 3 heteroatoms. The summed E-state index contributed by atoms with van der Waals surface area (Å²) in [7, 11) is 2.03. The standard InChI is InChI=1S/C15H23FN2/c1-18(15-7-5-6-13(16)12-15)11-4-2-3-10-17-14-8-9-14/h5-7,12,14,17H,2-4,8-11H2,1H3. The summed E-state index contributed by atoms with van der Waals surface area (Å²) in [6.45, 7) is 2.14. The summed E-state index contributed by atoms with van der Waals surface area (Å²) >= 11 is 0. The van der Waals surface area contributed by atoms with Gasteiger partial charge in [-0.2, -0.15) is 0 Å². The second-order valence-electron chi connectivity index (χ2n) is 5.19. The van der Waals surface area contributed by atoms with E-state index in [9.17, 15) is 4.39 Å². The first kappa shape index (κ1) is 13.3. The molecule has 1 aromatic carbocycles. The summed E-state index contributed by atoms with van der Waals surface area (Å²) in [6.07, 6.45) is 6.37. The molecule has 1 aliphatic carbocycles. The van der Waals surface area contributed by atoms with Crippen LogP contribution in [0.1, 0.15) is 32.1 Å². The highest BCUT2D eigenvalue weighted by Crippen LogP contribution is 2.18. The van der Waals surface area contributed by atoms with Crippen molar-refractivity contribution < 1.29 is 4.39 Å². The SMILES string of the molecule is CN(CCCCCNC1CC1)c1cccc(F)c1. The molecule has 0 amide bonds. The molecule has 0 atom stereocenters. The van der Waals surface area contributed by atoms with Gasteiger partial charge in [-0.3, -0.25) is 0 Å². The number of hydrogen-bond donors (Lipinski definition) is 1. The van der Waals surface area contributed by atoms with E-state index in [1.807, 2.05) is 13.1 Å². The molecule has 100 valence electrons. The molecule has 1 fully saturated rings. The van der Waals surface area contributed by atoms with Crippen LogP contribution in [-0.2, 0) is 0 Å². The van der Waals surface area contributed by atoms with Gasteiger partial charge in [0.15, 0.2) is 0 Å². The summed E-state index contributed by atoms with van der Waals surface area (Å²) in [5, 5.41) is 3.52. The van der Waals surface area contributed by atoms with Crippen LogP contribution in [0.4, 0.5) is 10.1 Å². The van der Waals surface area contributed by atoms with Gasteiger partial charge in [0.05, 0.1) is 0 Å². The van der Waals surface area contributed by atoms with Crippen LogP contribution >= 0.6 is 0 Å². The first-order valence-electron chi connectivity index (χ1n) is 6.96. The highest BCUT2D eigenvalue weighted by Gasteiger charge is 2.19. The van der Waals surface area contributed by atoms with E-state index in [0.717, 1.165) is 24.8 Å². The van der Waals surface area contributed by atoms with Gasteiger partial charge < -0.3 is 10.2 Å². The molecule has 0 unspecified atom stereocenters. The normalized spacial score (nSPS) is 14.8. The maximum absolute atomic E-state index is 13.1. The van der Waals surface area contributed by atoms with Gasteiger partial charge in [-0.1, -0.05) is 12.5 Å². The average molecular weight is 250 g/mol. The number of unbranched alkanes of at least 4 members (excludes halogenated alkanes) is 2. The van der Waals surface area contributed by atoms with Gasteiger partial charge in [0.25, 0.3) is 0 Å². The second-order valence-corrected chi connectivity index (χ2v) is 5.19. The van der Waals surface area contributed by atoms with Crippen LogP contribution in [-0.4, -0.2) is 26.2 Å². The van der Waals surface area contributed by atoms with Gasteiger partial charge in [0.2, 0.25) is 0 Å². The number of benzene rings is 1. The fourth-order valence-corrected chi connectivity index (χ4v) is 2.09. The Morgan fingerprint density at radius 3 is 2.83 bits per heavy atom. The van der Waals surface area contributed by atoms with Crippen molar-refractivity contribution in [2.24, 2.45) is 0 Å². The molecule has 1 aliphatic rings. The molecule has 0 heterocycles. The van der Waals surface area contributed by atoms with Crippen LogP contribution < -0.4 is 10.2 Å². The van der Waals surface area contributed by atoms with Crippen LogP contribution in [0.25, 0.3) is 0 Å². The van der Waals surface area contributed by atoms with E-state index in [1.54, 1.807) is 12.1 Å². The Balaban J connectivity index is 1.57. The third-order valence-electron chi connectivity index (χ3n) is 3.43. The number of hydrogen-bond acceptors (Lipinski definition) is 2. The second kappa shape index (κ2) is 6.74. The highest BCUT2D eigenvalue weighted by atomic mass is 19.1. The molecule has 2 rings (SSSR count). The zero-order valence-electron chi connectivity index (χ0n) is 11.2. The van der Waals surface area contributed by atoms with Gasteiger partial charge in [-0.05, 0) is 50.4 Å². The zero-order chi connectivity index (χ0) is 12.8. The summed E-state index contributed by atoms with van der Waals surface area (Å²) in [4.78, 5) is 2.12. The van der Waals surface area contributed by atoms with Crippen molar-refractivity contribution in [2.45, 2.75) is 38.1 Å². The van der Waals surface area contributed by atoms with Crippen LogP contribution in [0.15, 0.2) is 24.3 Å². The Bertz CT molecular complexity index is 363. The fourth-order valence-electron chi connectivity index (χ4n) is 2.09. The first-order chi connectivity index (χ1) is 8.75. The van der Waals surface area contributed by atoms with Gasteiger partial charge in [-0.25, -0.2) is 4.39 Å². The quantitative estimate of drug-likeness (QED) is 0.713. The number of nitrogens with one attached hydrogen (secondary N) is 1. The molecule has 1 aromatic rings. The Labute approximate surface area is 109 Å². The lowest BCUT2D eigenvalue weighted by molar-refractivity contribution is 0.598. The maximum Gasteiger partial charge on any atom is 0.125 e. The van der Waals surface area contributed by atoms with Crippen molar-refractivity contribution in [3.63, 3.8) is 0 Å². The van der Waals surface area contributed by atoms with Crippen LogP contribution in [0.3, 0.4) is 0 Å². The van der Waals surface area contributed by atoms with E-state index in [0.29, 0.717) is 0 Å².